The normalized spacial score (nSPS) is 10.8. The smallest absolute Gasteiger partial charge is 0.0518 e. The first-order valence-corrected chi connectivity index (χ1v) is 7.26. The molecule has 0 aliphatic rings. The number of hydrogen-bond donors (Lipinski definition) is 1. The number of rotatable bonds is 7. The molecule has 0 radical (unpaired) electrons. The summed E-state index contributed by atoms with van der Waals surface area (Å²) in [7, 11) is 0. The van der Waals surface area contributed by atoms with Crippen LogP contribution in [0.15, 0.2) is 54.6 Å². The molecular weight excluding hydrogens is 246 g/mol. The summed E-state index contributed by atoms with van der Waals surface area (Å²) in [6.07, 6.45) is 1.35. The van der Waals surface area contributed by atoms with Crippen molar-refractivity contribution in [3.63, 3.8) is 0 Å². The van der Waals surface area contributed by atoms with Crippen molar-refractivity contribution in [3.05, 3.63) is 54.6 Å². The van der Waals surface area contributed by atoms with Gasteiger partial charge in [-0.15, -0.1) is 0 Å². The van der Waals surface area contributed by atoms with Crippen molar-refractivity contribution in [1.29, 1.82) is 0 Å². The summed E-state index contributed by atoms with van der Waals surface area (Å²) in [5.41, 5.74) is 3.66. The van der Waals surface area contributed by atoms with Crippen molar-refractivity contribution in [3.8, 4) is 11.1 Å². The first kappa shape index (κ1) is 14.6. The number of nitrogens with one attached hydrogen (secondary N) is 1. The minimum Gasteiger partial charge on any atom is -0.385 e. The lowest BCUT2D eigenvalue weighted by molar-refractivity contribution is 0.0787. The molecule has 0 heterocycles. The molecule has 2 aromatic carbocycles. The lowest BCUT2D eigenvalue weighted by Gasteiger charge is -2.09. The quantitative estimate of drug-likeness (QED) is 0.743. The van der Waals surface area contributed by atoms with E-state index in [0.717, 1.165) is 25.3 Å². The molecule has 0 amide bonds. The zero-order valence-corrected chi connectivity index (χ0v) is 12.3. The molecule has 2 aromatic rings. The monoisotopic (exact) mass is 269 g/mol. The van der Waals surface area contributed by atoms with Crippen LogP contribution >= 0.6 is 0 Å². The summed E-state index contributed by atoms with van der Waals surface area (Å²) < 4.78 is 5.52. The second-order valence-corrected chi connectivity index (χ2v) is 5.14. The first-order valence-electron chi connectivity index (χ1n) is 7.26. The number of ether oxygens (including phenoxy) is 1. The highest BCUT2D eigenvalue weighted by atomic mass is 16.5. The van der Waals surface area contributed by atoms with Gasteiger partial charge in [0.1, 0.15) is 0 Å². The standard InChI is InChI=1S/C18H23NO/c1-15(2)20-14-6-13-19-18-11-9-17(10-12-18)16-7-4-3-5-8-16/h3-5,7-12,15,19H,6,13-14H2,1-2H3. The Morgan fingerprint density at radius 1 is 0.900 bits per heavy atom. The molecule has 106 valence electrons. The molecular formula is C18H23NO. The first-order chi connectivity index (χ1) is 9.75. The molecule has 20 heavy (non-hydrogen) atoms. The Hall–Kier alpha value is -1.80. The van der Waals surface area contributed by atoms with Crippen LogP contribution in [-0.2, 0) is 4.74 Å². The summed E-state index contributed by atoms with van der Waals surface area (Å²) in [5, 5.41) is 3.42. The van der Waals surface area contributed by atoms with E-state index in [4.69, 9.17) is 4.74 Å². The molecule has 0 aliphatic heterocycles. The maximum atomic E-state index is 5.52. The largest absolute Gasteiger partial charge is 0.385 e. The Morgan fingerprint density at radius 2 is 1.55 bits per heavy atom. The van der Waals surface area contributed by atoms with E-state index in [-0.39, 0.29) is 0 Å². The van der Waals surface area contributed by atoms with E-state index in [2.05, 4.69) is 67.7 Å². The van der Waals surface area contributed by atoms with Crippen LogP contribution in [0.1, 0.15) is 20.3 Å². The lowest BCUT2D eigenvalue weighted by atomic mass is 10.1. The number of benzene rings is 2. The van der Waals surface area contributed by atoms with Crippen LogP contribution in [-0.4, -0.2) is 19.3 Å². The van der Waals surface area contributed by atoms with E-state index >= 15 is 0 Å². The van der Waals surface area contributed by atoms with Crippen LogP contribution in [0.2, 0.25) is 0 Å². The summed E-state index contributed by atoms with van der Waals surface area (Å²) in [5.74, 6) is 0. The topological polar surface area (TPSA) is 21.3 Å². The Morgan fingerprint density at radius 3 is 2.20 bits per heavy atom. The van der Waals surface area contributed by atoms with Gasteiger partial charge in [-0.1, -0.05) is 42.5 Å². The fourth-order valence-corrected chi connectivity index (χ4v) is 2.04. The van der Waals surface area contributed by atoms with Crippen LogP contribution in [0.3, 0.4) is 0 Å². The van der Waals surface area contributed by atoms with Gasteiger partial charge in [-0.05, 0) is 43.5 Å². The third kappa shape index (κ3) is 4.71. The van der Waals surface area contributed by atoms with Gasteiger partial charge in [-0.2, -0.15) is 0 Å². The Bertz CT molecular complexity index is 491. The van der Waals surface area contributed by atoms with Crippen molar-refractivity contribution < 1.29 is 4.74 Å². The molecule has 0 saturated heterocycles. The number of hydrogen-bond acceptors (Lipinski definition) is 2. The molecule has 0 fully saturated rings. The Balaban J connectivity index is 1.80. The predicted molar refractivity (Wildman–Crippen MR) is 86.1 cm³/mol. The lowest BCUT2D eigenvalue weighted by Crippen LogP contribution is -2.09. The van der Waals surface area contributed by atoms with Gasteiger partial charge in [0.15, 0.2) is 0 Å². The summed E-state index contributed by atoms with van der Waals surface area (Å²) >= 11 is 0. The van der Waals surface area contributed by atoms with Crippen molar-refractivity contribution in [2.45, 2.75) is 26.4 Å². The molecule has 0 saturated carbocycles. The molecule has 0 spiro atoms. The van der Waals surface area contributed by atoms with Crippen LogP contribution in [0.25, 0.3) is 11.1 Å². The van der Waals surface area contributed by atoms with Gasteiger partial charge in [-0.25, -0.2) is 0 Å². The zero-order valence-electron chi connectivity index (χ0n) is 12.3. The van der Waals surface area contributed by atoms with Crippen molar-refractivity contribution in [2.75, 3.05) is 18.5 Å². The van der Waals surface area contributed by atoms with Crippen LogP contribution < -0.4 is 5.32 Å². The molecule has 2 nitrogen and oxygen atoms in total. The van der Waals surface area contributed by atoms with E-state index < -0.39 is 0 Å². The van der Waals surface area contributed by atoms with Gasteiger partial charge in [0.25, 0.3) is 0 Å². The summed E-state index contributed by atoms with van der Waals surface area (Å²) in [6, 6.07) is 19.0. The van der Waals surface area contributed by atoms with Gasteiger partial charge in [0.05, 0.1) is 6.10 Å². The molecule has 0 aliphatic carbocycles. The zero-order chi connectivity index (χ0) is 14.2. The van der Waals surface area contributed by atoms with E-state index in [1.165, 1.54) is 11.1 Å². The molecule has 0 unspecified atom stereocenters. The third-order valence-corrected chi connectivity index (χ3v) is 3.09. The molecule has 0 atom stereocenters. The van der Waals surface area contributed by atoms with Crippen LogP contribution in [0, 0.1) is 0 Å². The van der Waals surface area contributed by atoms with Gasteiger partial charge in [-0.3, -0.25) is 0 Å². The van der Waals surface area contributed by atoms with Gasteiger partial charge < -0.3 is 10.1 Å². The highest BCUT2D eigenvalue weighted by molar-refractivity contribution is 5.65. The van der Waals surface area contributed by atoms with Crippen molar-refractivity contribution >= 4 is 5.69 Å². The van der Waals surface area contributed by atoms with E-state index in [1.54, 1.807) is 0 Å². The highest BCUT2D eigenvalue weighted by Gasteiger charge is 1.97. The third-order valence-electron chi connectivity index (χ3n) is 3.09. The van der Waals surface area contributed by atoms with Gasteiger partial charge in [0.2, 0.25) is 0 Å². The average molecular weight is 269 g/mol. The summed E-state index contributed by atoms with van der Waals surface area (Å²) in [4.78, 5) is 0. The van der Waals surface area contributed by atoms with Crippen LogP contribution in [0.4, 0.5) is 5.69 Å². The van der Waals surface area contributed by atoms with Gasteiger partial charge in [0, 0.05) is 18.8 Å². The average Bonchev–Trinajstić information content (AvgIpc) is 2.48. The maximum absolute atomic E-state index is 5.52. The summed E-state index contributed by atoms with van der Waals surface area (Å²) in [6.45, 7) is 5.88. The Labute approximate surface area is 121 Å². The molecule has 2 rings (SSSR count). The van der Waals surface area contributed by atoms with E-state index in [1.807, 2.05) is 6.07 Å². The maximum Gasteiger partial charge on any atom is 0.0518 e. The second-order valence-electron chi connectivity index (χ2n) is 5.14. The fraction of sp³-hybridized carbons (Fsp3) is 0.333. The SMILES string of the molecule is CC(C)OCCCNc1ccc(-c2ccccc2)cc1. The minimum atomic E-state index is 0.320. The number of anilines is 1. The highest BCUT2D eigenvalue weighted by Crippen LogP contribution is 2.20. The predicted octanol–water partition coefficient (Wildman–Crippen LogP) is 4.58. The van der Waals surface area contributed by atoms with E-state index in [9.17, 15) is 0 Å². The fourth-order valence-electron chi connectivity index (χ4n) is 2.04. The Kier molecular flexibility index (Phi) is 5.63. The molecule has 0 bridgehead atoms. The second kappa shape index (κ2) is 7.71. The molecule has 1 N–H and O–H groups in total. The van der Waals surface area contributed by atoms with E-state index in [0.29, 0.717) is 6.10 Å². The van der Waals surface area contributed by atoms with Crippen molar-refractivity contribution in [1.82, 2.24) is 0 Å². The van der Waals surface area contributed by atoms with Crippen LogP contribution in [0.5, 0.6) is 0 Å². The minimum absolute atomic E-state index is 0.320. The molecule has 2 heteroatoms. The molecule has 0 aromatic heterocycles. The van der Waals surface area contributed by atoms with Crippen molar-refractivity contribution in [2.24, 2.45) is 0 Å². The van der Waals surface area contributed by atoms with Gasteiger partial charge >= 0.3 is 0 Å².